The molecule has 1 aromatic rings. The Morgan fingerprint density at radius 3 is 2.43 bits per heavy atom. The Labute approximate surface area is 128 Å². The molecule has 2 aliphatic rings. The van der Waals surface area contributed by atoms with Crippen molar-refractivity contribution in [2.45, 2.75) is 63.7 Å². The van der Waals surface area contributed by atoms with Crippen LogP contribution in [0, 0.1) is 6.92 Å². The molecule has 3 unspecified atom stereocenters. The Balaban J connectivity index is 1.44. The summed E-state index contributed by atoms with van der Waals surface area (Å²) in [5.74, 6) is 0.970. The Hall–Kier alpha value is -1.06. The molecule has 3 atom stereocenters. The highest BCUT2D eigenvalue weighted by Crippen LogP contribution is 2.34. The molecule has 0 saturated carbocycles. The van der Waals surface area contributed by atoms with E-state index in [1.807, 2.05) is 0 Å². The van der Waals surface area contributed by atoms with Crippen molar-refractivity contribution in [3.8, 4) is 5.75 Å². The average molecular weight is 288 g/mol. The van der Waals surface area contributed by atoms with Gasteiger partial charge in [-0.15, -0.1) is 0 Å². The molecule has 0 radical (unpaired) electrons. The number of aryl methyl sites for hydroxylation is 1. The summed E-state index contributed by atoms with van der Waals surface area (Å²) in [6, 6.07) is 11.0. The summed E-state index contributed by atoms with van der Waals surface area (Å²) in [5.41, 5.74) is 1.27. The fraction of sp³-hybridized carbons (Fsp3) is 0.667. The first-order chi connectivity index (χ1) is 10.1. The number of hydrogen-bond acceptors (Lipinski definition) is 3. The van der Waals surface area contributed by atoms with Crippen LogP contribution in [-0.4, -0.2) is 42.7 Å². The molecule has 21 heavy (non-hydrogen) atoms. The third kappa shape index (κ3) is 3.58. The first kappa shape index (κ1) is 14.9. The number of nitrogens with one attached hydrogen (secondary N) is 1. The van der Waals surface area contributed by atoms with E-state index in [0.717, 1.165) is 24.4 Å². The van der Waals surface area contributed by atoms with Gasteiger partial charge in [0.2, 0.25) is 0 Å². The fourth-order valence-electron chi connectivity index (χ4n) is 3.85. The topological polar surface area (TPSA) is 24.5 Å². The number of hydrogen-bond donors (Lipinski definition) is 1. The number of nitrogens with zero attached hydrogens (tertiary/aromatic N) is 1. The standard InChI is InChI=1S/C18H28N2O/c1-13-4-8-18(9-5-13)21-12-14(2)19-15-10-16-6-7-17(11-15)20(16)3/h4-5,8-9,14-17,19H,6-7,10-12H2,1-3H3. The van der Waals surface area contributed by atoms with Crippen molar-refractivity contribution in [3.63, 3.8) is 0 Å². The molecular weight excluding hydrogens is 260 g/mol. The highest BCUT2D eigenvalue weighted by atomic mass is 16.5. The van der Waals surface area contributed by atoms with Crippen molar-refractivity contribution in [2.75, 3.05) is 13.7 Å². The van der Waals surface area contributed by atoms with Crippen molar-refractivity contribution < 1.29 is 4.74 Å². The average Bonchev–Trinajstić information content (AvgIpc) is 2.69. The lowest BCUT2D eigenvalue weighted by molar-refractivity contribution is 0.137. The van der Waals surface area contributed by atoms with Gasteiger partial charge in [-0.25, -0.2) is 0 Å². The van der Waals surface area contributed by atoms with Crippen molar-refractivity contribution in [1.29, 1.82) is 0 Å². The fourth-order valence-corrected chi connectivity index (χ4v) is 3.85. The van der Waals surface area contributed by atoms with Gasteiger partial charge in [0, 0.05) is 24.2 Å². The maximum absolute atomic E-state index is 5.88. The summed E-state index contributed by atoms with van der Waals surface area (Å²) in [6.07, 6.45) is 5.35. The van der Waals surface area contributed by atoms with E-state index in [2.05, 4.69) is 55.4 Å². The van der Waals surface area contributed by atoms with Crippen molar-refractivity contribution in [3.05, 3.63) is 29.8 Å². The van der Waals surface area contributed by atoms with Crippen LogP contribution in [-0.2, 0) is 0 Å². The van der Waals surface area contributed by atoms with Gasteiger partial charge in [-0.3, -0.25) is 0 Å². The van der Waals surface area contributed by atoms with Crippen molar-refractivity contribution in [2.24, 2.45) is 0 Å². The lowest BCUT2D eigenvalue weighted by atomic mass is 9.97. The summed E-state index contributed by atoms with van der Waals surface area (Å²) < 4.78 is 5.88. The van der Waals surface area contributed by atoms with E-state index in [4.69, 9.17) is 4.74 Å². The maximum Gasteiger partial charge on any atom is 0.119 e. The van der Waals surface area contributed by atoms with Gasteiger partial charge >= 0.3 is 0 Å². The molecule has 1 N–H and O–H groups in total. The number of fused-ring (bicyclic) bond motifs is 2. The largest absolute Gasteiger partial charge is 0.492 e. The second-order valence-electron chi connectivity index (χ2n) is 6.91. The second-order valence-corrected chi connectivity index (χ2v) is 6.91. The smallest absolute Gasteiger partial charge is 0.119 e. The number of rotatable bonds is 5. The predicted molar refractivity (Wildman–Crippen MR) is 86.9 cm³/mol. The summed E-state index contributed by atoms with van der Waals surface area (Å²) in [7, 11) is 2.29. The number of ether oxygens (including phenoxy) is 1. The van der Waals surface area contributed by atoms with Gasteiger partial charge < -0.3 is 15.0 Å². The minimum absolute atomic E-state index is 0.402. The van der Waals surface area contributed by atoms with Gasteiger partial charge in [0.25, 0.3) is 0 Å². The zero-order valence-corrected chi connectivity index (χ0v) is 13.5. The molecule has 0 amide bonds. The number of piperidine rings is 1. The van der Waals surface area contributed by atoms with Crippen LogP contribution >= 0.6 is 0 Å². The van der Waals surface area contributed by atoms with Gasteiger partial charge in [0.1, 0.15) is 12.4 Å². The van der Waals surface area contributed by atoms with Gasteiger partial charge in [-0.1, -0.05) is 17.7 Å². The summed E-state index contributed by atoms with van der Waals surface area (Å²) in [4.78, 5) is 2.59. The van der Waals surface area contributed by atoms with Crippen LogP contribution in [0.3, 0.4) is 0 Å². The van der Waals surface area contributed by atoms with Gasteiger partial charge in [-0.2, -0.15) is 0 Å². The molecule has 2 aliphatic heterocycles. The Morgan fingerprint density at radius 2 is 1.81 bits per heavy atom. The highest BCUT2D eigenvalue weighted by Gasteiger charge is 2.38. The Morgan fingerprint density at radius 1 is 1.19 bits per heavy atom. The molecule has 2 bridgehead atoms. The van der Waals surface area contributed by atoms with E-state index < -0.39 is 0 Å². The van der Waals surface area contributed by atoms with Gasteiger partial charge in [-0.05, 0) is 58.7 Å². The summed E-state index contributed by atoms with van der Waals surface area (Å²) in [5, 5.41) is 3.77. The normalized spacial score (nSPS) is 30.3. The first-order valence-electron chi connectivity index (χ1n) is 8.29. The first-order valence-corrected chi connectivity index (χ1v) is 8.29. The minimum Gasteiger partial charge on any atom is -0.492 e. The van der Waals surface area contributed by atoms with E-state index in [1.165, 1.54) is 31.2 Å². The summed E-state index contributed by atoms with van der Waals surface area (Å²) >= 11 is 0. The van der Waals surface area contributed by atoms with Crippen LogP contribution in [0.2, 0.25) is 0 Å². The molecule has 1 aromatic carbocycles. The molecule has 2 saturated heterocycles. The lowest BCUT2D eigenvalue weighted by Crippen LogP contribution is -2.50. The molecule has 0 aromatic heterocycles. The van der Waals surface area contributed by atoms with Crippen LogP contribution in [0.4, 0.5) is 0 Å². The Bertz CT molecular complexity index is 445. The van der Waals surface area contributed by atoms with Crippen LogP contribution in [0.1, 0.15) is 38.2 Å². The minimum atomic E-state index is 0.402. The Kier molecular flexibility index (Phi) is 4.51. The SMILES string of the molecule is Cc1ccc(OCC(C)NC2CC3CCC(C2)N3C)cc1. The highest BCUT2D eigenvalue weighted by molar-refractivity contribution is 5.26. The van der Waals surface area contributed by atoms with Crippen LogP contribution in [0.5, 0.6) is 5.75 Å². The number of benzene rings is 1. The summed E-state index contributed by atoms with van der Waals surface area (Å²) in [6.45, 7) is 5.07. The van der Waals surface area contributed by atoms with Crippen LogP contribution < -0.4 is 10.1 Å². The third-order valence-corrected chi connectivity index (χ3v) is 5.14. The van der Waals surface area contributed by atoms with Crippen molar-refractivity contribution in [1.82, 2.24) is 10.2 Å². The molecule has 0 aliphatic carbocycles. The van der Waals surface area contributed by atoms with E-state index in [1.54, 1.807) is 0 Å². The van der Waals surface area contributed by atoms with Crippen molar-refractivity contribution >= 4 is 0 Å². The molecule has 0 spiro atoms. The quantitative estimate of drug-likeness (QED) is 0.901. The predicted octanol–water partition coefficient (Wildman–Crippen LogP) is 2.98. The van der Waals surface area contributed by atoms with Crippen LogP contribution in [0.15, 0.2) is 24.3 Å². The molecule has 3 rings (SSSR count). The molecule has 3 nitrogen and oxygen atoms in total. The molecule has 2 heterocycles. The van der Waals surface area contributed by atoms with E-state index in [9.17, 15) is 0 Å². The van der Waals surface area contributed by atoms with E-state index in [-0.39, 0.29) is 0 Å². The van der Waals surface area contributed by atoms with Gasteiger partial charge in [0.05, 0.1) is 0 Å². The zero-order chi connectivity index (χ0) is 14.8. The monoisotopic (exact) mass is 288 g/mol. The van der Waals surface area contributed by atoms with Crippen LogP contribution in [0.25, 0.3) is 0 Å². The molecular formula is C18H28N2O. The van der Waals surface area contributed by atoms with Gasteiger partial charge in [0.15, 0.2) is 0 Å². The maximum atomic E-state index is 5.88. The molecule has 3 heteroatoms. The zero-order valence-electron chi connectivity index (χ0n) is 13.5. The third-order valence-electron chi connectivity index (χ3n) is 5.14. The second kappa shape index (κ2) is 6.37. The molecule has 116 valence electrons. The molecule has 2 fully saturated rings. The van der Waals surface area contributed by atoms with E-state index >= 15 is 0 Å². The lowest BCUT2D eigenvalue weighted by Gasteiger charge is -2.37. The van der Waals surface area contributed by atoms with E-state index in [0.29, 0.717) is 12.1 Å².